The highest BCUT2D eigenvalue weighted by Gasteiger charge is 2.17. The van der Waals surface area contributed by atoms with Gasteiger partial charge in [-0.05, 0) is 48.6 Å². The normalized spacial score (nSPS) is 11.7. The Balaban J connectivity index is 2.09. The topological polar surface area (TPSA) is 58.2 Å². The zero-order chi connectivity index (χ0) is 17.7. The molecule has 0 heterocycles. The second kappa shape index (κ2) is 7.97. The number of halogens is 1. The van der Waals surface area contributed by atoms with Crippen molar-refractivity contribution in [3.05, 3.63) is 58.6 Å². The van der Waals surface area contributed by atoms with Crippen LogP contribution in [0.15, 0.2) is 42.5 Å². The first kappa shape index (κ1) is 18.0. The Labute approximate surface area is 147 Å². The molecule has 0 aliphatic rings. The molecule has 0 spiro atoms. The second-order valence-corrected chi connectivity index (χ2v) is 6.18. The molecule has 0 fully saturated rings. The summed E-state index contributed by atoms with van der Waals surface area (Å²) in [6.45, 7) is 6.03. The molecule has 2 aromatic rings. The van der Waals surface area contributed by atoms with Gasteiger partial charge in [-0.25, -0.2) is 0 Å². The minimum absolute atomic E-state index is 0.292. The van der Waals surface area contributed by atoms with E-state index in [2.05, 4.69) is 24.5 Å². The quantitative estimate of drug-likeness (QED) is 0.787. The summed E-state index contributed by atoms with van der Waals surface area (Å²) in [6, 6.07) is 12.6. The molecule has 2 rings (SSSR count). The third-order valence-electron chi connectivity index (χ3n) is 3.99. The second-order valence-electron chi connectivity index (χ2n) is 5.77. The van der Waals surface area contributed by atoms with Crippen molar-refractivity contribution in [2.45, 2.75) is 33.1 Å². The predicted molar refractivity (Wildman–Crippen MR) is 98.6 cm³/mol. The van der Waals surface area contributed by atoms with Crippen LogP contribution >= 0.6 is 11.6 Å². The zero-order valence-electron chi connectivity index (χ0n) is 14.0. The third kappa shape index (κ3) is 4.36. The first-order valence-corrected chi connectivity index (χ1v) is 8.27. The minimum atomic E-state index is -0.728. The maximum absolute atomic E-state index is 12.2. The van der Waals surface area contributed by atoms with Gasteiger partial charge >= 0.3 is 11.8 Å². The van der Waals surface area contributed by atoms with E-state index in [1.165, 1.54) is 0 Å². The van der Waals surface area contributed by atoms with Gasteiger partial charge in [0.15, 0.2) is 0 Å². The largest absolute Gasteiger partial charge is 0.318 e. The highest BCUT2D eigenvalue weighted by molar-refractivity contribution is 6.43. The van der Waals surface area contributed by atoms with Gasteiger partial charge in [0.05, 0.1) is 0 Å². The Morgan fingerprint density at radius 3 is 2.42 bits per heavy atom. The molecule has 2 amide bonds. The SMILES string of the molecule is CCC(C)c1ccccc1NC(=O)C(=O)Nc1ccc(C)c(Cl)c1. The Morgan fingerprint density at radius 2 is 1.75 bits per heavy atom. The van der Waals surface area contributed by atoms with Gasteiger partial charge in [-0.1, -0.05) is 49.7 Å². The number of rotatable bonds is 4. The van der Waals surface area contributed by atoms with Crippen LogP contribution in [0, 0.1) is 6.92 Å². The fourth-order valence-corrected chi connectivity index (χ4v) is 2.48. The van der Waals surface area contributed by atoms with Gasteiger partial charge in [-0.3, -0.25) is 9.59 Å². The van der Waals surface area contributed by atoms with E-state index >= 15 is 0 Å². The van der Waals surface area contributed by atoms with Crippen molar-refractivity contribution < 1.29 is 9.59 Å². The van der Waals surface area contributed by atoms with Crippen molar-refractivity contribution in [2.75, 3.05) is 10.6 Å². The highest BCUT2D eigenvalue weighted by atomic mass is 35.5. The van der Waals surface area contributed by atoms with E-state index in [-0.39, 0.29) is 0 Å². The van der Waals surface area contributed by atoms with E-state index in [1.54, 1.807) is 24.3 Å². The van der Waals surface area contributed by atoms with Crippen LogP contribution in [0.3, 0.4) is 0 Å². The molecule has 0 aliphatic carbocycles. The lowest BCUT2D eigenvalue weighted by Gasteiger charge is -2.15. The van der Waals surface area contributed by atoms with Crippen molar-refractivity contribution in [1.29, 1.82) is 0 Å². The number of para-hydroxylation sites is 1. The summed E-state index contributed by atoms with van der Waals surface area (Å²) in [5, 5.41) is 5.78. The molecule has 0 aromatic heterocycles. The average molecular weight is 345 g/mol. The van der Waals surface area contributed by atoms with E-state index in [0.29, 0.717) is 22.3 Å². The number of hydrogen-bond acceptors (Lipinski definition) is 2. The third-order valence-corrected chi connectivity index (χ3v) is 4.40. The minimum Gasteiger partial charge on any atom is -0.318 e. The monoisotopic (exact) mass is 344 g/mol. The molecule has 2 N–H and O–H groups in total. The number of nitrogens with one attached hydrogen (secondary N) is 2. The maximum atomic E-state index is 12.2. The zero-order valence-corrected chi connectivity index (χ0v) is 14.8. The Hall–Kier alpha value is -2.33. The Morgan fingerprint density at radius 1 is 1.08 bits per heavy atom. The molecule has 0 radical (unpaired) electrons. The lowest BCUT2D eigenvalue weighted by molar-refractivity contribution is -0.133. The van der Waals surface area contributed by atoms with Crippen molar-refractivity contribution in [3.8, 4) is 0 Å². The smallest absolute Gasteiger partial charge is 0.314 e. The fourth-order valence-electron chi connectivity index (χ4n) is 2.30. The van der Waals surface area contributed by atoms with Gasteiger partial charge < -0.3 is 10.6 Å². The van der Waals surface area contributed by atoms with Crippen LogP contribution in [0.5, 0.6) is 0 Å². The van der Waals surface area contributed by atoms with Crippen molar-refractivity contribution >= 4 is 34.8 Å². The van der Waals surface area contributed by atoms with E-state index in [1.807, 2.05) is 25.1 Å². The summed E-state index contributed by atoms with van der Waals surface area (Å²) in [7, 11) is 0. The molecule has 0 bridgehead atoms. The van der Waals surface area contributed by atoms with Crippen LogP contribution in [0.2, 0.25) is 5.02 Å². The lowest BCUT2D eigenvalue weighted by Crippen LogP contribution is -2.29. The van der Waals surface area contributed by atoms with Gasteiger partial charge in [0.1, 0.15) is 0 Å². The molecule has 0 aliphatic heterocycles. The molecular weight excluding hydrogens is 324 g/mol. The Kier molecular flexibility index (Phi) is 5.99. The number of amides is 2. The van der Waals surface area contributed by atoms with Gasteiger partial charge in [0, 0.05) is 16.4 Å². The molecule has 4 nitrogen and oxygen atoms in total. The van der Waals surface area contributed by atoms with E-state index in [4.69, 9.17) is 11.6 Å². The molecule has 1 unspecified atom stereocenters. The summed E-state index contributed by atoms with van der Waals surface area (Å²) in [4.78, 5) is 24.3. The average Bonchev–Trinajstić information content (AvgIpc) is 2.58. The maximum Gasteiger partial charge on any atom is 0.314 e. The summed E-state index contributed by atoms with van der Waals surface area (Å²) >= 11 is 6.03. The highest BCUT2D eigenvalue weighted by Crippen LogP contribution is 2.26. The molecule has 0 saturated carbocycles. The first-order chi connectivity index (χ1) is 11.4. The van der Waals surface area contributed by atoms with Gasteiger partial charge in [0.2, 0.25) is 0 Å². The van der Waals surface area contributed by atoms with Crippen LogP contribution < -0.4 is 10.6 Å². The van der Waals surface area contributed by atoms with Gasteiger partial charge in [0.25, 0.3) is 0 Å². The number of carbonyl (C=O) groups excluding carboxylic acids is 2. The molecule has 126 valence electrons. The Bertz CT molecular complexity index is 759. The van der Waals surface area contributed by atoms with Crippen LogP contribution in [0.1, 0.15) is 37.3 Å². The van der Waals surface area contributed by atoms with Crippen LogP contribution in [-0.2, 0) is 9.59 Å². The summed E-state index contributed by atoms with van der Waals surface area (Å²) in [6.07, 6.45) is 0.945. The summed E-state index contributed by atoms with van der Waals surface area (Å²) in [5.74, 6) is -1.14. The van der Waals surface area contributed by atoms with Crippen LogP contribution in [-0.4, -0.2) is 11.8 Å². The number of anilines is 2. The predicted octanol–water partition coefficient (Wildman–Crippen LogP) is 4.74. The molecule has 5 heteroatoms. The molecular formula is C19H21ClN2O2. The molecule has 1 atom stereocenters. The van der Waals surface area contributed by atoms with Crippen LogP contribution in [0.25, 0.3) is 0 Å². The summed E-state index contributed by atoms with van der Waals surface area (Å²) < 4.78 is 0. The summed E-state index contributed by atoms with van der Waals surface area (Å²) in [5.41, 5.74) is 3.07. The number of carbonyl (C=O) groups is 2. The lowest BCUT2D eigenvalue weighted by atomic mass is 9.97. The fraction of sp³-hybridized carbons (Fsp3) is 0.263. The molecule has 2 aromatic carbocycles. The number of benzene rings is 2. The van der Waals surface area contributed by atoms with Gasteiger partial charge in [-0.15, -0.1) is 0 Å². The van der Waals surface area contributed by atoms with Crippen LogP contribution in [0.4, 0.5) is 11.4 Å². The van der Waals surface area contributed by atoms with Gasteiger partial charge in [-0.2, -0.15) is 0 Å². The van der Waals surface area contributed by atoms with E-state index in [9.17, 15) is 9.59 Å². The number of hydrogen-bond donors (Lipinski definition) is 2. The number of aryl methyl sites for hydroxylation is 1. The standard InChI is InChI=1S/C19H21ClN2O2/c1-4-12(2)15-7-5-6-8-17(15)22-19(24)18(23)21-14-10-9-13(3)16(20)11-14/h5-12H,4H2,1-3H3,(H,21,23)(H,22,24). The molecule has 24 heavy (non-hydrogen) atoms. The molecule has 0 saturated heterocycles. The first-order valence-electron chi connectivity index (χ1n) is 7.89. The van der Waals surface area contributed by atoms with E-state index < -0.39 is 11.8 Å². The van der Waals surface area contributed by atoms with Crippen molar-refractivity contribution in [2.24, 2.45) is 0 Å². The van der Waals surface area contributed by atoms with Crippen molar-refractivity contribution in [1.82, 2.24) is 0 Å². The van der Waals surface area contributed by atoms with E-state index in [0.717, 1.165) is 17.5 Å². The van der Waals surface area contributed by atoms with Crippen molar-refractivity contribution in [3.63, 3.8) is 0 Å².